The molecule has 2 unspecified atom stereocenters. The Kier molecular flexibility index (Phi) is 18.6. The zero-order valence-corrected chi connectivity index (χ0v) is 21.8. The third-order valence-electron chi connectivity index (χ3n) is 5.65. The van der Waals surface area contributed by atoms with E-state index in [9.17, 15) is 8.78 Å². The highest BCUT2D eigenvalue weighted by Crippen LogP contribution is 2.31. The number of nitrogens with zero attached hydrogens (tertiary/aromatic N) is 2. The maximum atomic E-state index is 14.4. The summed E-state index contributed by atoms with van der Waals surface area (Å²) < 4.78 is 27.4. The van der Waals surface area contributed by atoms with Crippen molar-refractivity contribution >= 4 is 13.4 Å². The molecule has 0 bridgehead atoms. The van der Waals surface area contributed by atoms with E-state index in [2.05, 4.69) is 61.3 Å². The van der Waals surface area contributed by atoms with Crippen LogP contribution in [0, 0.1) is 11.8 Å². The van der Waals surface area contributed by atoms with E-state index in [0.29, 0.717) is 12.3 Å². The number of allylic oxidation sites excluding steroid dienone is 9. The number of rotatable bonds is 19. The minimum atomic E-state index is -0.746. The minimum Gasteiger partial charge on any atom is -0.320 e. The molecule has 190 valence electrons. The van der Waals surface area contributed by atoms with Crippen molar-refractivity contribution in [3.63, 3.8) is 0 Å². The molecule has 0 fully saturated rings. The van der Waals surface area contributed by atoms with E-state index in [-0.39, 0.29) is 5.92 Å². The van der Waals surface area contributed by atoms with Gasteiger partial charge in [0.25, 0.3) is 0 Å². The average Bonchev–Trinajstić information content (AvgIpc) is 2.79. The van der Waals surface area contributed by atoms with Crippen LogP contribution >= 0.6 is 0 Å². The molecule has 34 heavy (non-hydrogen) atoms. The quantitative estimate of drug-likeness (QED) is 0.148. The van der Waals surface area contributed by atoms with Crippen molar-refractivity contribution in [3.8, 4) is 0 Å². The van der Waals surface area contributed by atoms with Crippen LogP contribution in [0.3, 0.4) is 0 Å². The molecule has 0 saturated heterocycles. The Labute approximate surface area is 206 Å². The topological polar surface area (TPSA) is 36.8 Å². The molecule has 0 amide bonds. The van der Waals surface area contributed by atoms with Crippen LogP contribution in [0.1, 0.15) is 72.1 Å². The van der Waals surface area contributed by atoms with Gasteiger partial charge in [0, 0.05) is 24.4 Å². The Hall–Kier alpha value is -2.40. The summed E-state index contributed by atoms with van der Waals surface area (Å²) in [6, 6.07) is 0. The lowest BCUT2D eigenvalue weighted by Gasteiger charge is -2.22. The summed E-state index contributed by atoms with van der Waals surface area (Å²) in [5, 5.41) is 3.20. The molecule has 0 rings (SSSR count). The fraction of sp³-hybridized carbons (Fsp3) is 0.517. The first kappa shape index (κ1) is 31.6. The predicted octanol–water partition coefficient (Wildman–Crippen LogP) is 8.61. The van der Waals surface area contributed by atoms with Crippen molar-refractivity contribution in [3.05, 3.63) is 71.7 Å². The van der Waals surface area contributed by atoms with Crippen LogP contribution in [0.5, 0.6) is 0 Å². The van der Waals surface area contributed by atoms with Crippen molar-refractivity contribution in [1.29, 1.82) is 0 Å². The number of nitrogens with one attached hydrogen (secondary N) is 1. The normalized spacial score (nSPS) is 15.5. The van der Waals surface area contributed by atoms with Crippen LogP contribution in [0.25, 0.3) is 0 Å². The Morgan fingerprint density at radius 3 is 2.24 bits per heavy atom. The van der Waals surface area contributed by atoms with E-state index in [1.165, 1.54) is 11.1 Å². The molecule has 3 nitrogen and oxygen atoms in total. The van der Waals surface area contributed by atoms with Gasteiger partial charge in [0.15, 0.2) is 0 Å². The van der Waals surface area contributed by atoms with Crippen LogP contribution < -0.4 is 5.32 Å². The van der Waals surface area contributed by atoms with Crippen molar-refractivity contribution < 1.29 is 8.78 Å². The van der Waals surface area contributed by atoms with E-state index < -0.39 is 11.7 Å². The van der Waals surface area contributed by atoms with Gasteiger partial charge in [-0.15, -0.1) is 0 Å². The van der Waals surface area contributed by atoms with Crippen LogP contribution in [0.4, 0.5) is 8.78 Å². The van der Waals surface area contributed by atoms with Crippen LogP contribution in [0.15, 0.2) is 81.6 Å². The number of halogens is 2. The minimum absolute atomic E-state index is 0.294. The lowest BCUT2D eigenvalue weighted by atomic mass is 9.85. The van der Waals surface area contributed by atoms with E-state index in [1.807, 2.05) is 26.2 Å². The standard InChI is InChI=1S/C29H45F2N3/c1-8-11-26(22-34-7)21-28(27(12-9-2)13-10-17-32-5)15-14-25(16-18-33-6)19-23(3)29(31)20-24(4)30/h10,13,17,20-23,25,33H,4-5,7-9,11-12,14-16,18-19H2,1-3,6H3/b17-10-,26-22-,27-13+,28-21+,29-20+. The van der Waals surface area contributed by atoms with Crippen LogP contribution in [0.2, 0.25) is 0 Å². The Bertz CT molecular complexity index is 772. The largest absolute Gasteiger partial charge is 0.320 e. The van der Waals surface area contributed by atoms with E-state index in [0.717, 1.165) is 63.1 Å². The zero-order valence-electron chi connectivity index (χ0n) is 21.8. The van der Waals surface area contributed by atoms with E-state index in [4.69, 9.17) is 0 Å². The Morgan fingerprint density at radius 2 is 1.68 bits per heavy atom. The van der Waals surface area contributed by atoms with Crippen molar-refractivity contribution in [2.75, 3.05) is 13.6 Å². The van der Waals surface area contributed by atoms with Gasteiger partial charge in [-0.25, -0.2) is 8.78 Å². The highest BCUT2D eigenvalue weighted by molar-refractivity contribution is 5.40. The Balaban J connectivity index is 5.96. The first-order valence-electron chi connectivity index (χ1n) is 12.4. The second-order valence-corrected chi connectivity index (χ2v) is 8.68. The summed E-state index contributed by atoms with van der Waals surface area (Å²) >= 11 is 0. The van der Waals surface area contributed by atoms with Crippen molar-refractivity contribution in [1.82, 2.24) is 5.32 Å². The lowest BCUT2D eigenvalue weighted by Crippen LogP contribution is -2.16. The summed E-state index contributed by atoms with van der Waals surface area (Å²) in [7, 11) is 1.92. The molecule has 5 heteroatoms. The summed E-state index contributed by atoms with van der Waals surface area (Å²) in [4.78, 5) is 7.81. The van der Waals surface area contributed by atoms with Crippen molar-refractivity contribution in [2.24, 2.45) is 21.8 Å². The van der Waals surface area contributed by atoms with Crippen molar-refractivity contribution in [2.45, 2.75) is 72.1 Å². The molecule has 0 aromatic rings. The molecular weight excluding hydrogens is 428 g/mol. The molecule has 0 saturated carbocycles. The fourth-order valence-electron chi connectivity index (χ4n) is 3.96. The van der Waals surface area contributed by atoms with Gasteiger partial charge < -0.3 is 5.32 Å². The molecular formula is C29H45F2N3. The highest BCUT2D eigenvalue weighted by Gasteiger charge is 2.18. The smallest absolute Gasteiger partial charge is 0.118 e. The third-order valence-corrected chi connectivity index (χ3v) is 5.65. The molecule has 1 N–H and O–H groups in total. The van der Waals surface area contributed by atoms with Gasteiger partial charge >= 0.3 is 0 Å². The van der Waals surface area contributed by atoms with Gasteiger partial charge in [-0.05, 0) is 94.3 Å². The first-order chi connectivity index (χ1) is 16.3. The third kappa shape index (κ3) is 14.7. The molecule has 0 aromatic heterocycles. The molecule has 0 aromatic carbocycles. The molecule has 0 aliphatic rings. The summed E-state index contributed by atoms with van der Waals surface area (Å²) in [5.74, 6) is -1.25. The van der Waals surface area contributed by atoms with E-state index >= 15 is 0 Å². The van der Waals surface area contributed by atoms with Gasteiger partial charge in [-0.2, -0.15) is 0 Å². The van der Waals surface area contributed by atoms with Crippen LogP contribution in [-0.4, -0.2) is 27.0 Å². The number of hydrogen-bond donors (Lipinski definition) is 1. The number of aliphatic imine (C=N–C) groups is 2. The molecule has 0 spiro atoms. The van der Waals surface area contributed by atoms with Gasteiger partial charge in [0.1, 0.15) is 11.7 Å². The number of hydrogen-bond acceptors (Lipinski definition) is 3. The predicted molar refractivity (Wildman–Crippen MR) is 147 cm³/mol. The summed E-state index contributed by atoms with van der Waals surface area (Å²) in [5.41, 5.74) is 3.67. The average molecular weight is 474 g/mol. The Morgan fingerprint density at radius 1 is 0.971 bits per heavy atom. The molecule has 2 atom stereocenters. The second-order valence-electron chi connectivity index (χ2n) is 8.68. The molecule has 0 aliphatic carbocycles. The van der Waals surface area contributed by atoms with Gasteiger partial charge in [-0.1, -0.05) is 52.3 Å². The summed E-state index contributed by atoms with van der Waals surface area (Å²) in [6.07, 6.45) is 18.0. The van der Waals surface area contributed by atoms with Gasteiger partial charge in [0.05, 0.1) is 0 Å². The lowest BCUT2D eigenvalue weighted by molar-refractivity contribution is 0.341. The zero-order chi connectivity index (χ0) is 25.8. The second kappa shape index (κ2) is 20.0. The highest BCUT2D eigenvalue weighted by atomic mass is 19.1. The maximum absolute atomic E-state index is 14.4. The molecule has 0 heterocycles. The van der Waals surface area contributed by atoms with Gasteiger partial charge in [-0.3, -0.25) is 9.98 Å². The maximum Gasteiger partial charge on any atom is 0.118 e. The SMILES string of the molecule is C=N\C=C/C=C(CCC)/C(=C/C(=C\N=C)CCC)CCC(CCNC)CC(C)/C(F)=C\C(=C)F. The van der Waals surface area contributed by atoms with E-state index in [1.54, 1.807) is 6.20 Å². The monoisotopic (exact) mass is 473 g/mol. The van der Waals surface area contributed by atoms with Gasteiger partial charge in [0.2, 0.25) is 0 Å². The summed E-state index contributed by atoms with van der Waals surface area (Å²) in [6.45, 7) is 17.3. The molecule has 0 radical (unpaired) electrons. The molecule has 0 aliphatic heterocycles. The van der Waals surface area contributed by atoms with Crippen LogP contribution in [-0.2, 0) is 0 Å². The fourth-order valence-corrected chi connectivity index (χ4v) is 3.96. The first-order valence-corrected chi connectivity index (χ1v) is 12.4.